The molecule has 47 heavy (non-hydrogen) atoms. The molecule has 0 atom stereocenters. The number of nitrogens with two attached hydrogens (primary N) is 1. The first kappa shape index (κ1) is 31.7. The first-order valence-electron chi connectivity index (χ1n) is 15.7. The minimum Gasteiger partial charge on any atom is -0.484 e. The molecule has 0 unspecified atom stereocenters. The quantitative estimate of drug-likeness (QED) is 0.155. The molecule has 0 radical (unpaired) electrons. The highest BCUT2D eigenvalue weighted by Crippen LogP contribution is 2.44. The van der Waals surface area contributed by atoms with Crippen molar-refractivity contribution in [3.05, 3.63) is 124 Å². The van der Waals surface area contributed by atoms with Crippen LogP contribution in [0.25, 0.3) is 11.0 Å². The summed E-state index contributed by atoms with van der Waals surface area (Å²) in [6.45, 7) is 0.527. The lowest BCUT2D eigenvalue weighted by atomic mass is 9.85. The molecule has 1 aliphatic heterocycles. The van der Waals surface area contributed by atoms with E-state index in [0.717, 1.165) is 46.4 Å². The van der Waals surface area contributed by atoms with Crippen LogP contribution in [0.5, 0.6) is 5.75 Å². The number of piperidine rings is 1. The average molecular weight is 690 g/mol. The van der Waals surface area contributed by atoms with Crippen molar-refractivity contribution >= 4 is 50.2 Å². The lowest BCUT2D eigenvalue weighted by Crippen LogP contribution is -2.39. The second-order valence-electron chi connectivity index (χ2n) is 12.3. The summed E-state index contributed by atoms with van der Waals surface area (Å²) >= 11 is 12.5. The Morgan fingerprint density at radius 2 is 1.40 bits per heavy atom. The molecule has 5 aromatic rings. The first-order chi connectivity index (χ1) is 22.7. The van der Waals surface area contributed by atoms with E-state index >= 15 is 0 Å². The standard InChI is InChI=1S/C36H34Cl2N4O4S/c37-27-8-3-23(4-9-27)35(24-5-10-28(38)11-6-24)26-7-16-32-33(21-26)42(36(40-32)25-1-2-25)29-17-19-41(20-18-29)47(44,45)31-14-12-30(13-15-31)46-22-34(39)43/h3-16,21,25,29,35H,1-2,17-20,22H2,(H2,39,43). The summed E-state index contributed by atoms with van der Waals surface area (Å²) in [7, 11) is -3.70. The number of primary amides is 1. The van der Waals surface area contributed by atoms with Gasteiger partial charge in [0, 0.05) is 41.0 Å². The first-order valence-corrected chi connectivity index (χ1v) is 17.9. The number of fused-ring (bicyclic) bond motifs is 1. The van der Waals surface area contributed by atoms with E-state index in [4.69, 9.17) is 38.7 Å². The molecule has 2 aliphatic rings. The summed E-state index contributed by atoms with van der Waals surface area (Å²) in [5.41, 5.74) is 10.5. The maximum Gasteiger partial charge on any atom is 0.255 e. The largest absolute Gasteiger partial charge is 0.484 e. The Balaban J connectivity index is 1.18. The predicted octanol–water partition coefficient (Wildman–Crippen LogP) is 7.29. The van der Waals surface area contributed by atoms with Crippen molar-refractivity contribution in [3.8, 4) is 5.75 Å². The molecule has 7 rings (SSSR count). The van der Waals surface area contributed by atoms with Gasteiger partial charge in [0.05, 0.1) is 15.9 Å². The van der Waals surface area contributed by atoms with Crippen LogP contribution in [0, 0.1) is 0 Å². The molecule has 2 N–H and O–H groups in total. The highest BCUT2D eigenvalue weighted by Gasteiger charge is 2.35. The van der Waals surface area contributed by atoms with Gasteiger partial charge < -0.3 is 15.0 Å². The second-order valence-corrected chi connectivity index (χ2v) is 15.1. The van der Waals surface area contributed by atoms with E-state index in [9.17, 15) is 13.2 Å². The molecule has 11 heteroatoms. The van der Waals surface area contributed by atoms with E-state index in [1.54, 1.807) is 16.4 Å². The van der Waals surface area contributed by atoms with E-state index in [-0.39, 0.29) is 23.5 Å². The maximum absolute atomic E-state index is 13.6. The van der Waals surface area contributed by atoms with Crippen LogP contribution in [-0.4, -0.2) is 47.9 Å². The summed E-state index contributed by atoms with van der Waals surface area (Å²) in [6, 6.07) is 28.7. The fourth-order valence-corrected chi connectivity index (χ4v) is 8.28. The van der Waals surface area contributed by atoms with Crippen LogP contribution < -0.4 is 10.5 Å². The molecule has 0 spiro atoms. The molecular weight excluding hydrogens is 655 g/mol. The number of aromatic nitrogens is 2. The molecule has 1 aromatic heterocycles. The van der Waals surface area contributed by atoms with Gasteiger partial charge in [-0.25, -0.2) is 13.4 Å². The van der Waals surface area contributed by atoms with Crippen molar-refractivity contribution in [1.82, 2.24) is 13.9 Å². The number of benzene rings is 4. The minimum atomic E-state index is -3.70. The molecule has 1 amide bonds. The number of sulfonamides is 1. The molecule has 1 aliphatic carbocycles. The van der Waals surface area contributed by atoms with Crippen LogP contribution in [0.4, 0.5) is 0 Å². The topological polar surface area (TPSA) is 108 Å². The summed E-state index contributed by atoms with van der Waals surface area (Å²) < 4.78 is 36.4. The molecule has 0 bridgehead atoms. The van der Waals surface area contributed by atoms with Crippen LogP contribution in [0.3, 0.4) is 0 Å². The number of amides is 1. The Kier molecular flexibility index (Phi) is 8.74. The van der Waals surface area contributed by atoms with E-state index in [1.165, 1.54) is 12.1 Å². The average Bonchev–Trinajstić information content (AvgIpc) is 3.86. The number of carbonyl (C=O) groups is 1. The van der Waals surface area contributed by atoms with Crippen LogP contribution in [-0.2, 0) is 14.8 Å². The van der Waals surface area contributed by atoms with Crippen molar-refractivity contribution in [3.63, 3.8) is 0 Å². The Bertz CT molecular complexity index is 1970. The van der Waals surface area contributed by atoms with Crippen LogP contribution in [0.15, 0.2) is 95.9 Å². The minimum absolute atomic E-state index is 0.0405. The Morgan fingerprint density at radius 3 is 1.96 bits per heavy atom. The number of carbonyl (C=O) groups excluding carboxylic acids is 1. The summed E-state index contributed by atoms with van der Waals surface area (Å²) in [5.74, 6) is 1.26. The Labute approximate surface area is 284 Å². The zero-order chi connectivity index (χ0) is 32.7. The predicted molar refractivity (Wildman–Crippen MR) is 184 cm³/mol. The van der Waals surface area contributed by atoms with E-state index in [2.05, 4.69) is 47.0 Å². The SMILES string of the molecule is NC(=O)COc1ccc(S(=O)(=O)N2CCC(n3c(C4CC4)nc4ccc(C(c5ccc(Cl)cc5)c5ccc(Cl)cc5)cc43)CC2)cc1. The van der Waals surface area contributed by atoms with Crippen LogP contribution in [0.1, 0.15) is 66.1 Å². The number of nitrogens with zero attached hydrogens (tertiary/aromatic N) is 3. The van der Waals surface area contributed by atoms with Gasteiger partial charge in [0.15, 0.2) is 6.61 Å². The van der Waals surface area contributed by atoms with Crippen LogP contribution in [0.2, 0.25) is 10.0 Å². The zero-order valence-electron chi connectivity index (χ0n) is 25.6. The Morgan fingerprint density at radius 1 is 0.830 bits per heavy atom. The van der Waals surface area contributed by atoms with Gasteiger partial charge in [-0.1, -0.05) is 53.5 Å². The Hall–Kier alpha value is -3.89. The zero-order valence-corrected chi connectivity index (χ0v) is 27.9. The third-order valence-corrected chi connectivity index (χ3v) is 11.5. The van der Waals surface area contributed by atoms with Crippen LogP contribution >= 0.6 is 23.2 Å². The van der Waals surface area contributed by atoms with Gasteiger partial charge in [-0.3, -0.25) is 4.79 Å². The van der Waals surface area contributed by atoms with Crippen molar-refractivity contribution in [2.45, 2.75) is 48.5 Å². The fourth-order valence-electron chi connectivity index (χ4n) is 6.56. The number of ether oxygens (including phenoxy) is 1. The van der Waals surface area contributed by atoms with Crippen molar-refractivity contribution in [2.24, 2.45) is 5.73 Å². The number of hydrogen-bond acceptors (Lipinski definition) is 5. The van der Waals surface area contributed by atoms with Gasteiger partial charge in [0.25, 0.3) is 5.91 Å². The summed E-state index contributed by atoms with van der Waals surface area (Å²) in [6.07, 6.45) is 3.57. The van der Waals surface area contributed by atoms with Gasteiger partial charge in [-0.05, 0) is 103 Å². The molecule has 8 nitrogen and oxygen atoms in total. The van der Waals surface area contributed by atoms with Crippen molar-refractivity contribution in [1.29, 1.82) is 0 Å². The lowest BCUT2D eigenvalue weighted by molar-refractivity contribution is -0.119. The number of rotatable bonds is 10. The molecule has 242 valence electrons. The van der Waals surface area contributed by atoms with Crippen molar-refractivity contribution in [2.75, 3.05) is 19.7 Å². The third-order valence-electron chi connectivity index (χ3n) is 9.05. The number of hydrogen-bond donors (Lipinski definition) is 1. The number of halogens is 2. The highest BCUT2D eigenvalue weighted by molar-refractivity contribution is 7.89. The van der Waals surface area contributed by atoms with Gasteiger partial charge in [0.1, 0.15) is 11.6 Å². The van der Waals surface area contributed by atoms with E-state index < -0.39 is 15.9 Å². The molecule has 1 saturated heterocycles. The monoisotopic (exact) mass is 688 g/mol. The van der Waals surface area contributed by atoms with Gasteiger partial charge in [-0.15, -0.1) is 0 Å². The highest BCUT2D eigenvalue weighted by atomic mass is 35.5. The smallest absolute Gasteiger partial charge is 0.255 e. The van der Waals surface area contributed by atoms with Gasteiger partial charge in [-0.2, -0.15) is 4.31 Å². The summed E-state index contributed by atoms with van der Waals surface area (Å²) in [5, 5.41) is 1.37. The molecule has 1 saturated carbocycles. The maximum atomic E-state index is 13.6. The van der Waals surface area contributed by atoms with Gasteiger partial charge >= 0.3 is 0 Å². The second kappa shape index (κ2) is 13.0. The normalized spacial score (nSPS) is 16.1. The molecule has 2 fully saturated rings. The third kappa shape index (κ3) is 6.63. The van der Waals surface area contributed by atoms with Crippen molar-refractivity contribution < 1.29 is 17.9 Å². The van der Waals surface area contributed by atoms with Gasteiger partial charge in [0.2, 0.25) is 10.0 Å². The lowest BCUT2D eigenvalue weighted by Gasteiger charge is -2.33. The fraction of sp³-hybridized carbons (Fsp3) is 0.278. The van der Waals surface area contributed by atoms with E-state index in [0.29, 0.717) is 47.6 Å². The van der Waals surface area contributed by atoms with E-state index in [1.807, 2.05) is 24.3 Å². The summed E-state index contributed by atoms with van der Waals surface area (Å²) in [4.78, 5) is 16.3. The molecular formula is C36H34Cl2N4O4S. The molecule has 2 heterocycles. The molecule has 4 aromatic carbocycles. The number of imidazole rings is 1.